The molecule has 0 saturated heterocycles. The zero-order valence-corrected chi connectivity index (χ0v) is 87.1. The fraction of sp³-hybridized carbons (Fsp3) is 0.280. The van der Waals surface area contributed by atoms with Crippen molar-refractivity contribution in [2.75, 3.05) is 0 Å². The number of hydrogen-bond acceptors (Lipinski definition) is 16. The summed E-state index contributed by atoms with van der Waals surface area (Å²) >= 11 is 12.1. The number of fused-ring (bicyclic) bond motifs is 7. The van der Waals surface area contributed by atoms with Gasteiger partial charge in [-0.05, 0) is 175 Å². The van der Waals surface area contributed by atoms with Crippen molar-refractivity contribution >= 4 is 151 Å². The maximum Gasteiger partial charge on any atom is 0.126 e. The van der Waals surface area contributed by atoms with Gasteiger partial charge in [-0.2, -0.15) is 0 Å². The van der Waals surface area contributed by atoms with Gasteiger partial charge in [-0.3, -0.25) is 15.0 Å². The standard InChI is InChI=1S/5C10H11NS.2C9H10N2S.7CH3.7Y/c1-7(2)8-3-5-11-9-4-6-12-10(8)9;1-7(2)8-3-5-11-10-9(8)4-6-12-10;1-7(2)8-5-10-9(11-6-8)3-4-12-10;1-7(2)8-3-4-10-9(11-8)5-6-12-10;1-7(2)9-4-3-8-5-6-12-10(8)11-9;1-6(2)8-9-7(3-4-12-9)10-5-11-8;1-6(2)8-7-3-4-12-9(7)11-5-10-8;;;;;;;;;;;;;;/h5*3-7H,1-2H3;2*3-6H,1-2H3;7*1H3;;;;;;;/q;;;;;;;7*-1;;;;;;;. The summed E-state index contributed by atoms with van der Waals surface area (Å²) in [5.41, 5.74) is 13.3. The number of pyridine rings is 5. The molecule has 0 N–H and O–H groups in total. The van der Waals surface area contributed by atoms with Crippen LogP contribution in [0.15, 0.2) is 154 Å². The van der Waals surface area contributed by atoms with E-state index in [9.17, 15) is 0 Å². The Morgan fingerprint density at radius 1 is 0.296 bits per heavy atom. The molecule has 0 aliphatic carbocycles. The van der Waals surface area contributed by atoms with Crippen molar-refractivity contribution in [2.24, 2.45) is 0 Å². The molecule has 0 fully saturated rings. The molecule has 0 aliphatic rings. The average molecular weight is 1970 g/mol. The molecule has 511 valence electrons. The van der Waals surface area contributed by atoms with Crippen molar-refractivity contribution in [3.63, 3.8) is 0 Å². The third-order valence-electron chi connectivity index (χ3n) is 13.5. The van der Waals surface area contributed by atoms with E-state index in [-0.39, 0.29) is 281 Å². The van der Waals surface area contributed by atoms with Gasteiger partial charge in [0.2, 0.25) is 0 Å². The quantitative estimate of drug-likeness (QED) is 0.144. The smallest absolute Gasteiger partial charge is 0.126 e. The monoisotopic (exact) mass is 1970 g/mol. The first-order valence-corrected chi connectivity index (χ1v) is 34.6. The van der Waals surface area contributed by atoms with Gasteiger partial charge < -0.3 is 52.0 Å². The van der Waals surface area contributed by atoms with Crippen LogP contribution in [0.3, 0.4) is 0 Å². The first kappa shape index (κ1) is 113. The zero-order valence-electron chi connectivity index (χ0n) is 61.5. The summed E-state index contributed by atoms with van der Waals surface area (Å²) in [7, 11) is 0. The van der Waals surface area contributed by atoms with Gasteiger partial charge in [0.1, 0.15) is 27.1 Å². The van der Waals surface area contributed by atoms with Gasteiger partial charge in [-0.25, -0.2) is 29.9 Å². The largest absolute Gasteiger partial charge is 0.358 e. The van der Waals surface area contributed by atoms with Gasteiger partial charge in [0.25, 0.3) is 0 Å². The Morgan fingerprint density at radius 2 is 0.755 bits per heavy atom. The van der Waals surface area contributed by atoms with E-state index in [1.54, 1.807) is 92.0 Å². The van der Waals surface area contributed by atoms with Crippen LogP contribution < -0.4 is 0 Å². The maximum absolute atomic E-state index is 4.55. The molecule has 0 amide bonds. The molecule has 14 aromatic rings. The molecule has 14 heterocycles. The second-order valence-electron chi connectivity index (χ2n) is 22.1. The number of thiophene rings is 7. The molecule has 0 bridgehead atoms. The van der Waals surface area contributed by atoms with Crippen LogP contribution in [0.25, 0.3) is 71.5 Å². The van der Waals surface area contributed by atoms with Crippen molar-refractivity contribution in [2.45, 2.75) is 138 Å². The van der Waals surface area contributed by atoms with E-state index in [4.69, 9.17) is 0 Å². The van der Waals surface area contributed by atoms with E-state index in [1.165, 1.54) is 63.0 Å². The molecule has 0 spiro atoms. The van der Waals surface area contributed by atoms with E-state index in [2.05, 4.69) is 258 Å². The van der Waals surface area contributed by atoms with Crippen LogP contribution in [0, 0.1) is 52.0 Å². The van der Waals surface area contributed by atoms with Crippen molar-refractivity contribution < 1.29 is 229 Å². The Morgan fingerprint density at radius 3 is 1.35 bits per heavy atom. The molecule has 0 atom stereocenters. The van der Waals surface area contributed by atoms with Gasteiger partial charge >= 0.3 is 0 Å². The molecule has 9 nitrogen and oxygen atoms in total. The van der Waals surface area contributed by atoms with E-state index < -0.39 is 0 Å². The average Bonchev–Trinajstić information content (AvgIpc) is 1.71. The summed E-state index contributed by atoms with van der Waals surface area (Å²) in [4.78, 5) is 42.4. The van der Waals surface area contributed by atoms with Crippen molar-refractivity contribution in [3.05, 3.63) is 245 Å². The molecular weight excluding hydrogens is 1870 g/mol. The molecule has 0 aliphatic heterocycles. The molecule has 14 aromatic heterocycles. The summed E-state index contributed by atoms with van der Waals surface area (Å²) in [6.07, 6.45) is 9.05. The Labute approximate surface area is 794 Å². The van der Waals surface area contributed by atoms with Crippen LogP contribution in [0.1, 0.15) is 178 Å². The normalized spacial score (nSPS) is 9.64. The molecule has 7 radical (unpaired) electrons. The van der Waals surface area contributed by atoms with Gasteiger partial charge in [-0.1, -0.05) is 103 Å². The number of nitrogens with zero attached hydrogens (tertiary/aromatic N) is 9. The summed E-state index contributed by atoms with van der Waals surface area (Å²) in [5.74, 6) is 3.76. The predicted molar refractivity (Wildman–Crippen MR) is 416 cm³/mol. The van der Waals surface area contributed by atoms with Crippen LogP contribution >= 0.6 is 79.4 Å². The zero-order chi connectivity index (χ0) is 59.9. The molecule has 98 heavy (non-hydrogen) atoms. The van der Waals surface area contributed by atoms with Crippen LogP contribution in [0.4, 0.5) is 0 Å². The molecule has 14 rings (SSSR count). The fourth-order valence-electron chi connectivity index (χ4n) is 8.78. The van der Waals surface area contributed by atoms with Crippen LogP contribution in [0.2, 0.25) is 0 Å². The molecule has 23 heteroatoms. The topological polar surface area (TPSA) is 116 Å². The van der Waals surface area contributed by atoms with Crippen molar-refractivity contribution in [3.8, 4) is 0 Å². The summed E-state index contributed by atoms with van der Waals surface area (Å²) in [6.45, 7) is 30.5. The van der Waals surface area contributed by atoms with Crippen LogP contribution in [-0.4, -0.2) is 44.9 Å². The third-order valence-corrected chi connectivity index (χ3v) is 19.6. The van der Waals surface area contributed by atoms with Crippen LogP contribution in [-0.2, 0) is 229 Å². The third kappa shape index (κ3) is 32.7. The predicted octanol–water partition coefficient (Wildman–Crippen LogP) is 25.9. The minimum atomic E-state index is 0. The van der Waals surface area contributed by atoms with Crippen molar-refractivity contribution in [1.29, 1.82) is 0 Å². The first-order valence-electron chi connectivity index (χ1n) is 28.5. The summed E-state index contributed by atoms with van der Waals surface area (Å²) < 4.78 is 5.14. The van der Waals surface area contributed by atoms with Crippen LogP contribution in [0.5, 0.6) is 0 Å². The second-order valence-corrected chi connectivity index (χ2v) is 28.5. The van der Waals surface area contributed by atoms with E-state index in [0.29, 0.717) is 41.4 Å². The Bertz CT molecular complexity index is 3800. The SMILES string of the molecule is CC(C)c1ccc2ccsc2n1.CC(C)c1ccc2sccc2n1.CC(C)c1ccnc2ccsc12.CC(C)c1ccnc2sccc12.CC(C)c1cnc2ccsc2c1.CC(C)c1ncnc2ccsc12.CC(C)c1ncnc2sccc12.[CH3-].[CH3-].[CH3-].[CH3-].[CH3-].[CH3-].[CH3-].[Y].[Y].[Y].[Y].[Y].[Y].[Y]. The van der Waals surface area contributed by atoms with Gasteiger partial charge in [-0.15, -0.1) is 79.4 Å². The van der Waals surface area contributed by atoms with Gasteiger partial charge in [0, 0.05) is 275 Å². The molecular formula is C75H96N9S7Y7-7. The molecule has 0 unspecified atom stereocenters. The minimum Gasteiger partial charge on any atom is -0.358 e. The molecule has 0 aromatic carbocycles. The number of aromatic nitrogens is 9. The minimum absolute atomic E-state index is 0. The summed E-state index contributed by atoms with van der Waals surface area (Å²) in [5, 5.41) is 18.4. The number of hydrogen-bond donors (Lipinski definition) is 0. The van der Waals surface area contributed by atoms with Crippen molar-refractivity contribution in [1.82, 2.24) is 44.9 Å². The fourth-order valence-corrected chi connectivity index (χ4v) is 14.6. The van der Waals surface area contributed by atoms with E-state index in [1.807, 2.05) is 24.7 Å². The Kier molecular flexibility index (Phi) is 66.1. The maximum atomic E-state index is 4.55. The van der Waals surface area contributed by atoms with E-state index >= 15 is 0 Å². The van der Waals surface area contributed by atoms with E-state index in [0.717, 1.165) is 47.9 Å². The van der Waals surface area contributed by atoms with Gasteiger partial charge in [0.05, 0.1) is 52.3 Å². The number of rotatable bonds is 7. The summed E-state index contributed by atoms with van der Waals surface area (Å²) in [6, 6.07) is 29.6. The second kappa shape index (κ2) is 57.5. The molecule has 0 saturated carbocycles. The first-order chi connectivity index (χ1) is 40.5. The Hall–Kier alpha value is 1.36. The Balaban J connectivity index is -0.000000193. The van der Waals surface area contributed by atoms with Gasteiger partial charge in [0.15, 0.2) is 0 Å².